The molecule has 28 heavy (non-hydrogen) atoms. The van der Waals surface area contributed by atoms with Gasteiger partial charge in [-0.1, -0.05) is 23.7 Å². The van der Waals surface area contributed by atoms with Gasteiger partial charge in [-0.05, 0) is 43.2 Å². The lowest BCUT2D eigenvalue weighted by atomic mass is 10.1. The maximum absolute atomic E-state index is 12.1. The lowest BCUT2D eigenvalue weighted by molar-refractivity contribution is -0.155. The summed E-state index contributed by atoms with van der Waals surface area (Å²) in [7, 11) is 1.51. The first-order valence-electron chi connectivity index (χ1n) is 8.45. The summed E-state index contributed by atoms with van der Waals surface area (Å²) >= 11 is 5.74. The maximum Gasteiger partial charge on any atom is 0.344 e. The Bertz CT molecular complexity index is 839. The number of amides is 1. The second-order valence-corrected chi connectivity index (χ2v) is 6.19. The zero-order valence-electron chi connectivity index (χ0n) is 15.6. The maximum atomic E-state index is 12.1. The Morgan fingerprint density at radius 3 is 2.71 bits per heavy atom. The molecule has 0 aliphatic carbocycles. The summed E-state index contributed by atoms with van der Waals surface area (Å²) in [5.41, 5.74) is 1.00. The number of benzene rings is 1. The van der Waals surface area contributed by atoms with E-state index in [0.717, 1.165) is 5.56 Å². The van der Waals surface area contributed by atoms with Crippen molar-refractivity contribution >= 4 is 29.3 Å². The van der Waals surface area contributed by atoms with Crippen molar-refractivity contribution in [3.8, 4) is 11.5 Å². The molecule has 1 aromatic heterocycles. The number of carbonyl (C=O) groups is 2. The van der Waals surface area contributed by atoms with Gasteiger partial charge < -0.3 is 19.5 Å². The number of rotatable bonds is 9. The molecule has 0 radical (unpaired) electrons. The van der Waals surface area contributed by atoms with Gasteiger partial charge >= 0.3 is 5.97 Å². The first kappa shape index (κ1) is 21.2. The molecule has 0 unspecified atom stereocenters. The molecule has 0 saturated carbocycles. The molecule has 0 fully saturated rings. The van der Waals surface area contributed by atoms with Crippen LogP contribution in [0.1, 0.15) is 12.5 Å². The Morgan fingerprint density at radius 2 is 2.07 bits per heavy atom. The fraction of sp³-hybridized carbons (Fsp3) is 0.250. The Morgan fingerprint density at radius 1 is 1.29 bits per heavy atom. The zero-order chi connectivity index (χ0) is 20.5. The first-order chi connectivity index (χ1) is 13.4. The van der Waals surface area contributed by atoms with E-state index in [1.54, 1.807) is 30.3 Å². The Labute approximate surface area is 168 Å². The highest BCUT2D eigenvalue weighted by atomic mass is 35.5. The highest BCUT2D eigenvalue weighted by Crippen LogP contribution is 2.28. The van der Waals surface area contributed by atoms with E-state index in [9.17, 15) is 9.59 Å². The third kappa shape index (κ3) is 6.28. The number of allylic oxidation sites excluding steroid dienone is 1. The summed E-state index contributed by atoms with van der Waals surface area (Å²) in [6.45, 7) is 4.77. The number of hydrogen-bond acceptors (Lipinski definition) is 6. The van der Waals surface area contributed by atoms with Crippen LogP contribution in [0.2, 0.25) is 5.02 Å². The molecule has 2 aromatic rings. The van der Waals surface area contributed by atoms with Crippen LogP contribution in [0.5, 0.6) is 11.5 Å². The predicted octanol–water partition coefficient (Wildman–Crippen LogP) is 3.42. The summed E-state index contributed by atoms with van der Waals surface area (Å²) in [6.07, 6.45) is 2.84. The molecule has 1 N–H and O–H groups in total. The van der Waals surface area contributed by atoms with Gasteiger partial charge in [0.1, 0.15) is 5.82 Å². The number of ether oxygens (including phenoxy) is 3. The number of anilines is 1. The van der Waals surface area contributed by atoms with Gasteiger partial charge in [-0.15, -0.1) is 6.58 Å². The number of pyridine rings is 1. The van der Waals surface area contributed by atoms with Gasteiger partial charge in [0, 0.05) is 6.20 Å². The van der Waals surface area contributed by atoms with Crippen LogP contribution in [0.15, 0.2) is 49.2 Å². The third-order valence-electron chi connectivity index (χ3n) is 3.61. The van der Waals surface area contributed by atoms with E-state index < -0.39 is 18.0 Å². The summed E-state index contributed by atoms with van der Waals surface area (Å²) in [6, 6.07) is 8.48. The molecular weight excluding hydrogens is 384 g/mol. The molecule has 0 spiro atoms. The van der Waals surface area contributed by atoms with E-state index in [2.05, 4.69) is 16.9 Å². The van der Waals surface area contributed by atoms with Gasteiger partial charge in [0.05, 0.1) is 12.1 Å². The van der Waals surface area contributed by atoms with Gasteiger partial charge in [0.25, 0.3) is 5.91 Å². The van der Waals surface area contributed by atoms with Gasteiger partial charge in [-0.25, -0.2) is 9.78 Å². The highest BCUT2D eigenvalue weighted by Gasteiger charge is 2.19. The molecule has 1 heterocycles. The van der Waals surface area contributed by atoms with Crippen LogP contribution in [0, 0.1) is 0 Å². The van der Waals surface area contributed by atoms with E-state index in [-0.39, 0.29) is 6.61 Å². The van der Waals surface area contributed by atoms with Crippen molar-refractivity contribution in [3.63, 3.8) is 0 Å². The van der Waals surface area contributed by atoms with Crippen LogP contribution in [0.3, 0.4) is 0 Å². The van der Waals surface area contributed by atoms with Crippen LogP contribution in [-0.2, 0) is 20.7 Å². The van der Waals surface area contributed by atoms with E-state index in [4.69, 9.17) is 25.8 Å². The molecule has 1 aromatic carbocycles. The van der Waals surface area contributed by atoms with Crippen molar-refractivity contribution in [2.75, 3.05) is 19.0 Å². The second kappa shape index (κ2) is 10.3. The molecule has 2 rings (SSSR count). The Hall–Kier alpha value is -3.06. The monoisotopic (exact) mass is 404 g/mol. The molecule has 8 heteroatoms. The lowest BCUT2D eigenvalue weighted by Crippen LogP contribution is -2.31. The molecular formula is C20H21ClN2O5. The van der Waals surface area contributed by atoms with Gasteiger partial charge in [0.2, 0.25) is 0 Å². The first-order valence-corrected chi connectivity index (χ1v) is 8.83. The van der Waals surface area contributed by atoms with Crippen LogP contribution >= 0.6 is 11.6 Å². The molecule has 0 aliphatic heterocycles. The topological polar surface area (TPSA) is 86.8 Å². The number of nitrogens with one attached hydrogen (secondary N) is 1. The lowest BCUT2D eigenvalue weighted by Gasteiger charge is -2.15. The number of methoxy groups -OCH3 is 1. The van der Waals surface area contributed by atoms with Crippen molar-refractivity contribution in [2.45, 2.75) is 19.4 Å². The second-order valence-electron chi connectivity index (χ2n) is 5.75. The number of hydrogen-bond donors (Lipinski definition) is 1. The van der Waals surface area contributed by atoms with Gasteiger partial charge in [0.15, 0.2) is 24.2 Å². The molecule has 148 valence electrons. The van der Waals surface area contributed by atoms with Crippen molar-refractivity contribution in [2.24, 2.45) is 0 Å². The zero-order valence-corrected chi connectivity index (χ0v) is 16.4. The fourth-order valence-electron chi connectivity index (χ4n) is 2.22. The van der Waals surface area contributed by atoms with E-state index in [1.807, 2.05) is 6.07 Å². The van der Waals surface area contributed by atoms with Crippen molar-refractivity contribution in [1.82, 2.24) is 4.98 Å². The molecule has 1 atom stereocenters. The molecule has 0 aliphatic rings. The minimum absolute atomic E-state index is 0.304. The number of aromatic nitrogens is 1. The standard InChI is InChI=1S/C20H21ClN2O5/c1-4-5-14-6-8-16(17(10-14)26-3)27-12-19(24)28-13(2)20(25)23-18-9-7-15(21)11-22-18/h4,6-11,13H,1,5,12H2,2-3H3,(H,22,23,25)/t13-/m0/s1. The van der Waals surface area contributed by atoms with Gasteiger partial charge in [-0.3, -0.25) is 4.79 Å². The fourth-order valence-corrected chi connectivity index (χ4v) is 2.34. The molecule has 0 bridgehead atoms. The molecule has 7 nitrogen and oxygen atoms in total. The average Bonchev–Trinajstić information content (AvgIpc) is 2.68. The molecule has 1 amide bonds. The normalized spacial score (nSPS) is 11.2. The number of carbonyl (C=O) groups excluding carboxylic acids is 2. The highest BCUT2D eigenvalue weighted by molar-refractivity contribution is 6.30. The smallest absolute Gasteiger partial charge is 0.344 e. The SMILES string of the molecule is C=CCc1ccc(OCC(=O)O[C@@H](C)C(=O)Nc2ccc(Cl)cn2)c(OC)c1. The Kier molecular flexibility index (Phi) is 7.83. The van der Waals surface area contributed by atoms with Crippen LogP contribution in [0.4, 0.5) is 5.82 Å². The van der Waals surface area contributed by atoms with Crippen LogP contribution in [-0.4, -0.2) is 36.7 Å². The van der Waals surface area contributed by atoms with Crippen molar-refractivity contribution < 1.29 is 23.8 Å². The average molecular weight is 405 g/mol. The van der Waals surface area contributed by atoms with E-state index in [0.29, 0.717) is 28.8 Å². The quantitative estimate of drug-likeness (QED) is 0.509. The molecule has 0 saturated heterocycles. The van der Waals surface area contributed by atoms with E-state index >= 15 is 0 Å². The van der Waals surface area contributed by atoms with Crippen molar-refractivity contribution in [3.05, 3.63) is 59.8 Å². The number of halogens is 1. The van der Waals surface area contributed by atoms with E-state index in [1.165, 1.54) is 20.2 Å². The number of nitrogens with zero attached hydrogens (tertiary/aromatic N) is 1. The van der Waals surface area contributed by atoms with Crippen LogP contribution in [0.25, 0.3) is 0 Å². The van der Waals surface area contributed by atoms with Crippen molar-refractivity contribution in [1.29, 1.82) is 0 Å². The summed E-state index contributed by atoms with van der Waals surface area (Å²) in [5.74, 6) is -0.0159. The summed E-state index contributed by atoms with van der Waals surface area (Å²) < 4.78 is 15.8. The predicted molar refractivity (Wildman–Crippen MR) is 106 cm³/mol. The third-order valence-corrected chi connectivity index (χ3v) is 3.83. The number of esters is 1. The van der Waals surface area contributed by atoms with Gasteiger partial charge in [-0.2, -0.15) is 0 Å². The Balaban J connectivity index is 1.86. The minimum Gasteiger partial charge on any atom is -0.493 e. The summed E-state index contributed by atoms with van der Waals surface area (Å²) in [4.78, 5) is 28.0. The minimum atomic E-state index is -1.02. The van der Waals surface area contributed by atoms with Crippen LogP contribution < -0.4 is 14.8 Å². The largest absolute Gasteiger partial charge is 0.493 e. The summed E-state index contributed by atoms with van der Waals surface area (Å²) in [5, 5.41) is 2.98.